The zero-order chi connectivity index (χ0) is 21.3. The number of anilines is 2. The van der Waals surface area contributed by atoms with Gasteiger partial charge in [0.05, 0.1) is 12.8 Å². The van der Waals surface area contributed by atoms with Crippen LogP contribution in [0, 0.1) is 0 Å². The van der Waals surface area contributed by atoms with Crippen molar-refractivity contribution in [2.24, 2.45) is 0 Å². The van der Waals surface area contributed by atoms with Crippen molar-refractivity contribution in [2.75, 3.05) is 17.7 Å². The number of carbonyl (C=O) groups is 2. The molecule has 0 fully saturated rings. The number of aromatic nitrogens is 1. The fourth-order valence-electron chi connectivity index (χ4n) is 3.06. The summed E-state index contributed by atoms with van der Waals surface area (Å²) in [6.45, 7) is 2.37. The third kappa shape index (κ3) is 5.67. The molecule has 0 saturated carbocycles. The highest BCUT2D eigenvalue weighted by Gasteiger charge is 2.12. The van der Waals surface area contributed by atoms with Crippen LogP contribution in [0.25, 0.3) is 0 Å². The average molecular weight is 404 g/mol. The van der Waals surface area contributed by atoms with Crippen molar-refractivity contribution in [1.82, 2.24) is 0 Å². The Bertz CT molecular complexity index is 999. The lowest BCUT2D eigenvalue weighted by molar-refractivity contribution is -0.684. The molecule has 2 aromatic carbocycles. The number of rotatable bonds is 8. The second-order valence-electron chi connectivity index (χ2n) is 6.91. The number of para-hydroxylation sites is 2. The molecule has 2 N–H and O–H groups in total. The molecule has 3 aromatic rings. The number of nitrogens with zero attached hydrogens (tertiary/aromatic N) is 1. The maximum absolute atomic E-state index is 12.5. The van der Waals surface area contributed by atoms with Crippen molar-refractivity contribution in [3.05, 3.63) is 84.2 Å². The van der Waals surface area contributed by atoms with E-state index in [1.807, 2.05) is 41.2 Å². The van der Waals surface area contributed by atoms with Gasteiger partial charge in [-0.1, -0.05) is 25.5 Å². The SMILES string of the molecule is CCCc1cc[n+](CC(=O)Nc2ccc(C(=O)Nc3ccccc3OC)cc2)cc1. The highest BCUT2D eigenvalue weighted by molar-refractivity contribution is 6.05. The summed E-state index contributed by atoms with van der Waals surface area (Å²) in [5, 5.41) is 5.68. The second-order valence-corrected chi connectivity index (χ2v) is 6.91. The van der Waals surface area contributed by atoms with Gasteiger partial charge in [-0.25, -0.2) is 0 Å². The van der Waals surface area contributed by atoms with Crippen molar-refractivity contribution in [1.29, 1.82) is 0 Å². The molecule has 0 atom stereocenters. The molecule has 0 aliphatic heterocycles. The lowest BCUT2D eigenvalue weighted by Crippen LogP contribution is -2.39. The van der Waals surface area contributed by atoms with Gasteiger partial charge in [0.25, 0.3) is 11.8 Å². The molecule has 0 spiro atoms. The first-order valence-electron chi connectivity index (χ1n) is 9.91. The molecule has 0 saturated heterocycles. The van der Waals surface area contributed by atoms with Crippen LogP contribution in [-0.4, -0.2) is 18.9 Å². The standard InChI is InChI=1S/C24H25N3O3/c1-3-6-18-13-15-27(16-14-18)17-23(28)25-20-11-9-19(10-12-20)24(29)26-21-7-4-5-8-22(21)30-2/h4-5,7-16H,3,6,17H2,1-2H3,(H-,25,26,28,29)/p+1. The fourth-order valence-corrected chi connectivity index (χ4v) is 3.06. The highest BCUT2D eigenvalue weighted by atomic mass is 16.5. The first-order valence-corrected chi connectivity index (χ1v) is 9.91. The highest BCUT2D eigenvalue weighted by Crippen LogP contribution is 2.23. The first kappa shape index (κ1) is 21.0. The molecule has 2 amide bonds. The third-order valence-corrected chi connectivity index (χ3v) is 4.61. The number of ether oxygens (including phenoxy) is 1. The van der Waals surface area contributed by atoms with E-state index in [2.05, 4.69) is 17.6 Å². The van der Waals surface area contributed by atoms with Crippen LogP contribution in [-0.2, 0) is 17.8 Å². The van der Waals surface area contributed by atoms with Crippen LogP contribution in [0.1, 0.15) is 29.3 Å². The molecule has 0 unspecified atom stereocenters. The fraction of sp³-hybridized carbons (Fsp3) is 0.208. The van der Waals surface area contributed by atoms with Gasteiger partial charge in [-0.3, -0.25) is 9.59 Å². The van der Waals surface area contributed by atoms with Crippen molar-refractivity contribution in [2.45, 2.75) is 26.3 Å². The molecule has 0 bridgehead atoms. The summed E-state index contributed by atoms with van der Waals surface area (Å²) in [4.78, 5) is 24.8. The van der Waals surface area contributed by atoms with E-state index in [4.69, 9.17) is 4.74 Å². The number of methoxy groups -OCH3 is 1. The summed E-state index contributed by atoms with van der Waals surface area (Å²) in [7, 11) is 1.56. The Hall–Kier alpha value is -3.67. The average Bonchev–Trinajstić information content (AvgIpc) is 2.76. The van der Waals surface area contributed by atoms with E-state index in [0.717, 1.165) is 12.8 Å². The molecule has 3 rings (SSSR count). The lowest BCUT2D eigenvalue weighted by Gasteiger charge is -2.10. The number of amides is 2. The van der Waals surface area contributed by atoms with Gasteiger partial charge in [-0.15, -0.1) is 0 Å². The normalized spacial score (nSPS) is 10.3. The maximum Gasteiger partial charge on any atom is 0.290 e. The van der Waals surface area contributed by atoms with Gasteiger partial charge in [0.1, 0.15) is 5.75 Å². The van der Waals surface area contributed by atoms with E-state index in [0.29, 0.717) is 22.7 Å². The number of benzene rings is 2. The van der Waals surface area contributed by atoms with E-state index in [-0.39, 0.29) is 18.4 Å². The summed E-state index contributed by atoms with van der Waals surface area (Å²) in [5.74, 6) is 0.213. The van der Waals surface area contributed by atoms with Crippen LogP contribution < -0.4 is 19.9 Å². The first-order chi connectivity index (χ1) is 14.6. The quantitative estimate of drug-likeness (QED) is 0.561. The number of nitrogens with one attached hydrogen (secondary N) is 2. The number of carbonyl (C=O) groups excluding carboxylic acids is 2. The number of pyridine rings is 1. The smallest absolute Gasteiger partial charge is 0.290 e. The summed E-state index contributed by atoms with van der Waals surface area (Å²) in [6.07, 6.45) is 5.95. The van der Waals surface area contributed by atoms with Crippen molar-refractivity contribution in [3.8, 4) is 5.75 Å². The largest absolute Gasteiger partial charge is 0.495 e. The number of hydrogen-bond donors (Lipinski definition) is 2. The number of aryl methyl sites for hydroxylation is 1. The minimum absolute atomic E-state index is 0.130. The molecule has 0 aliphatic rings. The summed E-state index contributed by atoms with van der Waals surface area (Å²) in [5.41, 5.74) is 2.98. The van der Waals surface area contributed by atoms with Crippen LogP contribution in [0.15, 0.2) is 73.1 Å². The monoisotopic (exact) mass is 404 g/mol. The predicted octanol–water partition coefficient (Wildman–Crippen LogP) is 3.83. The topological polar surface area (TPSA) is 71.3 Å². The van der Waals surface area contributed by atoms with Gasteiger partial charge in [0, 0.05) is 23.4 Å². The lowest BCUT2D eigenvalue weighted by atomic mass is 10.1. The molecule has 0 radical (unpaired) electrons. The molecule has 6 nitrogen and oxygen atoms in total. The predicted molar refractivity (Wildman–Crippen MR) is 117 cm³/mol. The summed E-state index contributed by atoms with van der Waals surface area (Å²) >= 11 is 0. The van der Waals surface area contributed by atoms with Crippen LogP contribution in [0.4, 0.5) is 11.4 Å². The third-order valence-electron chi connectivity index (χ3n) is 4.61. The van der Waals surface area contributed by atoms with E-state index in [1.165, 1.54) is 5.56 Å². The van der Waals surface area contributed by atoms with Gasteiger partial charge >= 0.3 is 0 Å². The van der Waals surface area contributed by atoms with E-state index in [9.17, 15) is 9.59 Å². The Balaban J connectivity index is 1.57. The Morgan fingerprint density at radius 3 is 2.30 bits per heavy atom. The second kappa shape index (κ2) is 10.2. The molecular weight excluding hydrogens is 378 g/mol. The Labute approximate surface area is 176 Å². The molecule has 1 heterocycles. The molecule has 0 aliphatic carbocycles. The van der Waals surface area contributed by atoms with Crippen LogP contribution in [0.5, 0.6) is 5.75 Å². The molecule has 30 heavy (non-hydrogen) atoms. The molecule has 154 valence electrons. The van der Waals surface area contributed by atoms with Crippen LogP contribution in [0.3, 0.4) is 0 Å². The van der Waals surface area contributed by atoms with Gasteiger partial charge in [0.2, 0.25) is 6.54 Å². The van der Waals surface area contributed by atoms with Crippen molar-refractivity contribution >= 4 is 23.2 Å². The Morgan fingerprint density at radius 1 is 0.933 bits per heavy atom. The van der Waals surface area contributed by atoms with Crippen LogP contribution >= 0.6 is 0 Å². The molecular formula is C24H26N3O3+. The summed E-state index contributed by atoms with van der Waals surface area (Å²) < 4.78 is 7.08. The Morgan fingerprint density at radius 2 is 1.63 bits per heavy atom. The van der Waals surface area contributed by atoms with Crippen molar-refractivity contribution < 1.29 is 18.9 Å². The molecule has 6 heteroatoms. The van der Waals surface area contributed by atoms with Crippen molar-refractivity contribution in [3.63, 3.8) is 0 Å². The van der Waals surface area contributed by atoms with E-state index >= 15 is 0 Å². The van der Waals surface area contributed by atoms with Crippen LogP contribution in [0.2, 0.25) is 0 Å². The van der Waals surface area contributed by atoms with Gasteiger partial charge in [0.15, 0.2) is 12.4 Å². The van der Waals surface area contributed by atoms with Gasteiger partial charge < -0.3 is 15.4 Å². The van der Waals surface area contributed by atoms with E-state index in [1.54, 1.807) is 43.5 Å². The number of hydrogen-bond acceptors (Lipinski definition) is 3. The maximum atomic E-state index is 12.5. The Kier molecular flexibility index (Phi) is 7.16. The van der Waals surface area contributed by atoms with Gasteiger partial charge in [-0.05, 0) is 48.4 Å². The summed E-state index contributed by atoms with van der Waals surface area (Å²) in [6, 6.07) is 18.1. The minimum atomic E-state index is -0.250. The zero-order valence-corrected chi connectivity index (χ0v) is 17.2. The zero-order valence-electron chi connectivity index (χ0n) is 17.2. The van der Waals surface area contributed by atoms with E-state index < -0.39 is 0 Å². The molecule has 1 aromatic heterocycles. The van der Waals surface area contributed by atoms with Gasteiger partial charge in [-0.2, -0.15) is 4.57 Å². The minimum Gasteiger partial charge on any atom is -0.495 e.